The molecule has 1 aromatic rings. The number of oxime groups is 1. The first-order valence-electron chi connectivity index (χ1n) is 3.58. The fourth-order valence-electron chi connectivity index (χ4n) is 0.804. The number of carbonyl (C=O) groups is 2. The summed E-state index contributed by atoms with van der Waals surface area (Å²) in [6.45, 7) is 0. The van der Waals surface area contributed by atoms with Crippen molar-refractivity contribution in [3.8, 4) is 0 Å². The van der Waals surface area contributed by atoms with Crippen LogP contribution in [0.2, 0.25) is 0 Å². The first-order valence-corrected chi connectivity index (χ1v) is 3.58. The van der Waals surface area contributed by atoms with Gasteiger partial charge in [0.05, 0.1) is 0 Å². The fraction of sp³-hybridized carbons (Fsp3) is 0. The first-order chi connectivity index (χ1) is 6.66. The third kappa shape index (κ3) is 1.92. The smallest absolute Gasteiger partial charge is 0.362 e. The summed E-state index contributed by atoms with van der Waals surface area (Å²) in [5.41, 5.74) is -1.04. The van der Waals surface area contributed by atoms with Gasteiger partial charge in [0.1, 0.15) is 5.69 Å². The zero-order valence-corrected chi connectivity index (χ0v) is 6.91. The Bertz CT molecular complexity index is 386. The van der Waals surface area contributed by atoms with Crippen LogP contribution in [-0.2, 0) is 4.79 Å². The predicted molar refractivity (Wildman–Crippen MR) is 45.4 cm³/mol. The van der Waals surface area contributed by atoms with Gasteiger partial charge in [0.15, 0.2) is 0 Å². The minimum absolute atomic E-state index is 0.0808. The van der Waals surface area contributed by atoms with Crippen molar-refractivity contribution in [3.05, 3.63) is 30.1 Å². The Hall–Kier alpha value is -2.24. The molecular weight excluding hydrogens is 188 g/mol. The molecule has 0 fully saturated rings. The molecule has 0 aliphatic carbocycles. The van der Waals surface area contributed by atoms with Gasteiger partial charge >= 0.3 is 5.97 Å². The molecule has 14 heavy (non-hydrogen) atoms. The molecule has 0 saturated carbocycles. The lowest BCUT2D eigenvalue weighted by Crippen LogP contribution is -2.24. The van der Waals surface area contributed by atoms with E-state index in [1.54, 1.807) is 6.07 Å². The molecule has 0 aliphatic heterocycles. The van der Waals surface area contributed by atoms with Crippen molar-refractivity contribution in [2.45, 2.75) is 0 Å². The van der Waals surface area contributed by atoms with Gasteiger partial charge in [-0.1, -0.05) is 11.2 Å². The van der Waals surface area contributed by atoms with Gasteiger partial charge in [0, 0.05) is 6.20 Å². The molecular formula is C8H6N2O4. The number of carboxylic acid groups (broad SMARTS) is 1. The van der Waals surface area contributed by atoms with Gasteiger partial charge in [-0.2, -0.15) is 0 Å². The lowest BCUT2D eigenvalue weighted by molar-refractivity contribution is -0.129. The van der Waals surface area contributed by atoms with Crippen LogP contribution < -0.4 is 0 Å². The van der Waals surface area contributed by atoms with Crippen molar-refractivity contribution in [1.29, 1.82) is 0 Å². The molecule has 1 rings (SSSR count). The molecule has 1 heterocycles. The second-order valence-corrected chi connectivity index (χ2v) is 2.30. The largest absolute Gasteiger partial charge is 0.476 e. The summed E-state index contributed by atoms with van der Waals surface area (Å²) in [5.74, 6) is -2.52. The van der Waals surface area contributed by atoms with E-state index in [-0.39, 0.29) is 5.69 Å². The summed E-state index contributed by atoms with van der Waals surface area (Å²) < 4.78 is 0. The lowest BCUT2D eigenvalue weighted by atomic mass is 10.2. The van der Waals surface area contributed by atoms with Crippen molar-refractivity contribution < 1.29 is 19.9 Å². The molecule has 0 aliphatic rings. The van der Waals surface area contributed by atoms with Crippen molar-refractivity contribution in [2.24, 2.45) is 5.16 Å². The third-order valence-electron chi connectivity index (χ3n) is 1.42. The van der Waals surface area contributed by atoms with E-state index >= 15 is 0 Å². The quantitative estimate of drug-likeness (QED) is 0.235. The van der Waals surface area contributed by atoms with E-state index in [0.29, 0.717) is 0 Å². The highest BCUT2D eigenvalue weighted by atomic mass is 16.4. The van der Waals surface area contributed by atoms with Crippen LogP contribution in [0.25, 0.3) is 0 Å². The number of nitrogens with zero attached hydrogens (tertiary/aromatic N) is 2. The molecule has 6 heteroatoms. The summed E-state index contributed by atoms with van der Waals surface area (Å²) in [4.78, 5) is 25.3. The van der Waals surface area contributed by atoms with Crippen LogP contribution in [0.5, 0.6) is 0 Å². The predicted octanol–water partition coefficient (Wildman–Crippen LogP) is 0.179. The summed E-state index contributed by atoms with van der Waals surface area (Å²) in [5, 5.41) is 19.1. The Morgan fingerprint density at radius 3 is 2.50 bits per heavy atom. The van der Waals surface area contributed by atoms with Gasteiger partial charge in [-0.05, 0) is 12.1 Å². The number of rotatable bonds is 3. The number of aromatic nitrogens is 1. The SMILES string of the molecule is O=C(O)C(=NO)C(=O)c1ccccn1. The molecule has 0 aromatic carbocycles. The van der Waals surface area contributed by atoms with Gasteiger partial charge in [-0.25, -0.2) is 4.79 Å². The zero-order chi connectivity index (χ0) is 10.6. The lowest BCUT2D eigenvalue weighted by Gasteiger charge is -1.96. The van der Waals surface area contributed by atoms with Crippen LogP contribution in [0.1, 0.15) is 10.5 Å². The second kappa shape index (κ2) is 4.13. The molecule has 0 bridgehead atoms. The Morgan fingerprint density at radius 2 is 2.07 bits per heavy atom. The average Bonchev–Trinajstić information content (AvgIpc) is 2.19. The van der Waals surface area contributed by atoms with Crippen LogP contribution in [-0.4, -0.2) is 32.8 Å². The minimum atomic E-state index is -1.59. The Morgan fingerprint density at radius 1 is 1.36 bits per heavy atom. The molecule has 0 unspecified atom stereocenters. The van der Waals surface area contributed by atoms with Crippen molar-refractivity contribution in [3.63, 3.8) is 0 Å². The highest BCUT2D eigenvalue weighted by Gasteiger charge is 2.22. The van der Waals surface area contributed by atoms with Crippen LogP contribution >= 0.6 is 0 Å². The topological polar surface area (TPSA) is 99.9 Å². The molecule has 0 saturated heterocycles. The van der Waals surface area contributed by atoms with E-state index in [9.17, 15) is 9.59 Å². The number of hydrogen-bond donors (Lipinski definition) is 2. The molecule has 1 aromatic heterocycles. The maximum atomic E-state index is 11.3. The Labute approximate surface area is 78.5 Å². The number of pyridine rings is 1. The number of hydrogen-bond acceptors (Lipinski definition) is 5. The summed E-state index contributed by atoms with van der Waals surface area (Å²) in [7, 11) is 0. The van der Waals surface area contributed by atoms with E-state index in [4.69, 9.17) is 10.3 Å². The van der Waals surface area contributed by atoms with Crippen LogP contribution in [0.4, 0.5) is 0 Å². The number of ketones is 1. The van der Waals surface area contributed by atoms with E-state index < -0.39 is 17.5 Å². The number of aliphatic carboxylic acids is 1. The highest BCUT2D eigenvalue weighted by molar-refractivity contribution is 6.66. The molecule has 2 N–H and O–H groups in total. The summed E-state index contributed by atoms with van der Waals surface area (Å²) in [6.07, 6.45) is 1.34. The van der Waals surface area contributed by atoms with E-state index in [0.717, 1.165) is 0 Å². The van der Waals surface area contributed by atoms with Crippen molar-refractivity contribution >= 4 is 17.5 Å². The summed E-state index contributed by atoms with van der Waals surface area (Å²) in [6, 6.07) is 4.43. The van der Waals surface area contributed by atoms with Crippen LogP contribution in [0, 0.1) is 0 Å². The Kier molecular flexibility index (Phi) is 2.90. The zero-order valence-electron chi connectivity index (χ0n) is 6.91. The number of Topliss-reactive ketones (excluding diaryl/α,β-unsaturated/α-hetero) is 1. The van der Waals surface area contributed by atoms with Crippen molar-refractivity contribution in [2.75, 3.05) is 0 Å². The Balaban J connectivity index is 3.02. The summed E-state index contributed by atoms with van der Waals surface area (Å²) >= 11 is 0. The molecule has 0 radical (unpaired) electrons. The van der Waals surface area contributed by atoms with Gasteiger partial charge in [0.2, 0.25) is 11.5 Å². The van der Waals surface area contributed by atoms with Crippen LogP contribution in [0.3, 0.4) is 0 Å². The normalized spacial score (nSPS) is 11.0. The highest BCUT2D eigenvalue weighted by Crippen LogP contribution is 1.97. The van der Waals surface area contributed by atoms with Crippen molar-refractivity contribution in [1.82, 2.24) is 4.98 Å². The maximum Gasteiger partial charge on any atom is 0.362 e. The molecule has 0 atom stereocenters. The minimum Gasteiger partial charge on any atom is -0.476 e. The van der Waals surface area contributed by atoms with E-state index in [2.05, 4.69) is 10.1 Å². The first kappa shape index (κ1) is 9.85. The second-order valence-electron chi connectivity index (χ2n) is 2.30. The van der Waals surface area contributed by atoms with Gasteiger partial charge in [-0.15, -0.1) is 0 Å². The molecule has 0 amide bonds. The van der Waals surface area contributed by atoms with Gasteiger partial charge in [-0.3, -0.25) is 9.78 Å². The van der Waals surface area contributed by atoms with E-state index in [1.165, 1.54) is 18.3 Å². The third-order valence-corrected chi connectivity index (χ3v) is 1.42. The van der Waals surface area contributed by atoms with E-state index in [1.807, 2.05) is 0 Å². The molecule has 0 spiro atoms. The van der Waals surface area contributed by atoms with Gasteiger partial charge in [0.25, 0.3) is 0 Å². The number of carbonyl (C=O) groups excluding carboxylic acids is 1. The number of carboxylic acids is 1. The molecule has 6 nitrogen and oxygen atoms in total. The van der Waals surface area contributed by atoms with Crippen LogP contribution in [0.15, 0.2) is 29.6 Å². The molecule has 72 valence electrons. The maximum absolute atomic E-state index is 11.3. The fourth-order valence-corrected chi connectivity index (χ4v) is 0.804. The standard InChI is InChI=1S/C8H6N2O4/c11-7(6(10-14)8(12)13)5-3-1-2-4-9-5/h1-4,14H,(H,12,13). The van der Waals surface area contributed by atoms with Gasteiger partial charge < -0.3 is 10.3 Å². The average molecular weight is 194 g/mol. The monoisotopic (exact) mass is 194 g/mol.